The van der Waals surface area contributed by atoms with E-state index < -0.39 is 11.6 Å². The van der Waals surface area contributed by atoms with E-state index in [-0.39, 0.29) is 25.0 Å². The van der Waals surface area contributed by atoms with E-state index in [0.717, 1.165) is 22.0 Å². The Labute approximate surface area is 243 Å². The summed E-state index contributed by atoms with van der Waals surface area (Å²) in [5.41, 5.74) is 2.28. The van der Waals surface area contributed by atoms with E-state index in [9.17, 15) is 9.59 Å². The monoisotopic (exact) mass is 618 g/mol. The summed E-state index contributed by atoms with van der Waals surface area (Å²) in [4.78, 5) is 28.9. The molecule has 5 nitrogen and oxygen atoms in total. The summed E-state index contributed by atoms with van der Waals surface area (Å²) in [6, 6.07) is 19.7. The molecule has 0 aromatic heterocycles. The minimum atomic E-state index is -0.801. The fraction of sp³-hybridized carbons (Fsp3) is 0.333. The highest BCUT2D eigenvalue weighted by atomic mass is 79.9. The number of hydrogen-bond acceptors (Lipinski definition) is 3. The van der Waals surface area contributed by atoms with E-state index in [4.69, 9.17) is 27.9 Å². The number of nitrogens with zero attached hydrogens (tertiary/aromatic N) is 1. The van der Waals surface area contributed by atoms with Crippen LogP contribution in [-0.2, 0) is 29.0 Å². The number of aryl methyl sites for hydroxylation is 1. The second-order valence-electron chi connectivity index (χ2n) is 10.1. The van der Waals surface area contributed by atoms with Crippen LogP contribution in [0, 0.1) is 0 Å². The summed E-state index contributed by atoms with van der Waals surface area (Å²) >= 11 is 16.1. The first-order valence-electron chi connectivity index (χ1n) is 12.5. The van der Waals surface area contributed by atoms with Gasteiger partial charge in [0.15, 0.2) is 6.61 Å². The molecule has 0 unspecified atom stereocenters. The van der Waals surface area contributed by atoms with Gasteiger partial charge in [-0.1, -0.05) is 72.6 Å². The van der Waals surface area contributed by atoms with Crippen molar-refractivity contribution in [3.05, 3.63) is 97.9 Å². The molecule has 0 spiro atoms. The van der Waals surface area contributed by atoms with E-state index in [1.807, 2.05) is 69.3 Å². The lowest BCUT2D eigenvalue weighted by atomic mass is 10.0. The highest BCUT2D eigenvalue weighted by molar-refractivity contribution is 9.10. The van der Waals surface area contributed by atoms with Crippen molar-refractivity contribution < 1.29 is 14.3 Å². The van der Waals surface area contributed by atoms with Crippen molar-refractivity contribution >= 4 is 50.9 Å². The number of hydrogen-bond donors (Lipinski definition) is 1. The molecule has 0 fully saturated rings. The quantitative estimate of drug-likeness (QED) is 0.260. The zero-order chi connectivity index (χ0) is 27.9. The van der Waals surface area contributed by atoms with Crippen molar-refractivity contribution in [1.29, 1.82) is 0 Å². The summed E-state index contributed by atoms with van der Waals surface area (Å²) in [6.45, 7) is 7.67. The lowest BCUT2D eigenvalue weighted by Gasteiger charge is -2.34. The van der Waals surface area contributed by atoms with Gasteiger partial charge in [-0.2, -0.15) is 0 Å². The lowest BCUT2D eigenvalue weighted by Crippen LogP contribution is -2.55. The van der Waals surface area contributed by atoms with Crippen LogP contribution in [0.2, 0.25) is 10.0 Å². The van der Waals surface area contributed by atoms with Gasteiger partial charge in [-0.3, -0.25) is 9.59 Å². The normalized spacial score (nSPS) is 12.1. The molecule has 1 atom stereocenters. The van der Waals surface area contributed by atoms with E-state index in [0.29, 0.717) is 27.8 Å². The summed E-state index contributed by atoms with van der Waals surface area (Å²) in [5.74, 6) is -0.0421. The molecule has 38 heavy (non-hydrogen) atoms. The molecule has 0 heterocycles. The van der Waals surface area contributed by atoms with Crippen molar-refractivity contribution in [3.63, 3.8) is 0 Å². The average molecular weight is 620 g/mol. The zero-order valence-corrected chi connectivity index (χ0v) is 25.2. The first kappa shape index (κ1) is 30.0. The van der Waals surface area contributed by atoms with Gasteiger partial charge in [0.25, 0.3) is 5.91 Å². The molecule has 3 aromatic carbocycles. The van der Waals surface area contributed by atoms with Crippen LogP contribution in [0.25, 0.3) is 0 Å². The van der Waals surface area contributed by atoms with E-state index >= 15 is 0 Å². The van der Waals surface area contributed by atoms with Gasteiger partial charge in [0, 0.05) is 28.5 Å². The number of rotatable bonds is 10. The van der Waals surface area contributed by atoms with Crippen LogP contribution in [0.5, 0.6) is 5.75 Å². The fourth-order valence-electron chi connectivity index (χ4n) is 3.94. The van der Waals surface area contributed by atoms with Gasteiger partial charge in [0.2, 0.25) is 5.91 Å². The molecule has 3 aromatic rings. The van der Waals surface area contributed by atoms with Crippen molar-refractivity contribution in [3.8, 4) is 5.75 Å². The van der Waals surface area contributed by atoms with Crippen LogP contribution in [0.3, 0.4) is 0 Å². The number of carbonyl (C=O) groups excluding carboxylic acids is 2. The number of carbonyl (C=O) groups is 2. The van der Waals surface area contributed by atoms with Gasteiger partial charge in [-0.15, -0.1) is 0 Å². The highest BCUT2D eigenvalue weighted by Crippen LogP contribution is 2.27. The maximum atomic E-state index is 13.8. The van der Waals surface area contributed by atoms with Gasteiger partial charge in [0.05, 0.1) is 4.47 Å². The van der Waals surface area contributed by atoms with Crippen LogP contribution in [0.1, 0.15) is 44.4 Å². The van der Waals surface area contributed by atoms with Gasteiger partial charge >= 0.3 is 0 Å². The van der Waals surface area contributed by atoms with Crippen LogP contribution < -0.4 is 10.1 Å². The van der Waals surface area contributed by atoms with Gasteiger partial charge in [-0.25, -0.2) is 0 Å². The zero-order valence-electron chi connectivity index (χ0n) is 22.1. The number of nitrogens with one attached hydrogen (secondary N) is 1. The number of ether oxygens (including phenoxy) is 1. The Balaban J connectivity index is 1.96. The predicted octanol–water partition coefficient (Wildman–Crippen LogP) is 7.25. The summed E-state index contributed by atoms with van der Waals surface area (Å²) in [7, 11) is 0. The molecule has 0 radical (unpaired) electrons. The minimum Gasteiger partial charge on any atom is -0.483 e. The fourth-order valence-corrected chi connectivity index (χ4v) is 4.95. The van der Waals surface area contributed by atoms with E-state index in [2.05, 4.69) is 28.2 Å². The highest BCUT2D eigenvalue weighted by Gasteiger charge is 2.33. The van der Waals surface area contributed by atoms with Crippen molar-refractivity contribution in [2.45, 2.75) is 58.7 Å². The van der Waals surface area contributed by atoms with Crippen molar-refractivity contribution in [1.82, 2.24) is 10.2 Å². The van der Waals surface area contributed by atoms with Crippen LogP contribution in [-0.4, -0.2) is 34.9 Å². The molecular formula is C30H33BrCl2N2O3. The topological polar surface area (TPSA) is 58.6 Å². The Bertz CT molecular complexity index is 1260. The smallest absolute Gasteiger partial charge is 0.261 e. The van der Waals surface area contributed by atoms with Crippen molar-refractivity contribution in [2.75, 3.05) is 6.61 Å². The average Bonchev–Trinajstić information content (AvgIpc) is 2.85. The Hall–Kier alpha value is -2.54. The third-order valence-corrected chi connectivity index (χ3v) is 7.09. The number of benzene rings is 3. The summed E-state index contributed by atoms with van der Waals surface area (Å²) < 4.78 is 6.69. The maximum absolute atomic E-state index is 13.8. The standard InChI is InChI=1S/C30H33BrCl2N2O3/c1-5-20-11-14-27(24(31)15-20)38-19-28(36)35(18-22-12-13-23(32)17-25(22)33)26(29(37)34-30(2,3)4)16-21-9-7-6-8-10-21/h6-15,17,26H,5,16,18-19H2,1-4H3,(H,34,37)/t26-/m0/s1. The number of amides is 2. The van der Waals surface area contributed by atoms with Gasteiger partial charge in [0.1, 0.15) is 11.8 Å². The Morgan fingerprint density at radius 2 is 1.71 bits per heavy atom. The van der Waals surface area contributed by atoms with E-state index in [1.54, 1.807) is 18.2 Å². The summed E-state index contributed by atoms with van der Waals surface area (Å²) in [6.07, 6.45) is 1.21. The molecule has 3 rings (SSSR count). The second kappa shape index (κ2) is 13.5. The molecule has 0 saturated carbocycles. The number of halogens is 3. The van der Waals surface area contributed by atoms with Crippen molar-refractivity contribution in [2.24, 2.45) is 0 Å². The molecular weight excluding hydrogens is 587 g/mol. The molecule has 0 aliphatic heterocycles. The molecule has 0 saturated heterocycles. The summed E-state index contributed by atoms with van der Waals surface area (Å²) in [5, 5.41) is 3.96. The third-order valence-electron chi connectivity index (χ3n) is 5.88. The Kier molecular flexibility index (Phi) is 10.7. The molecule has 1 N–H and O–H groups in total. The second-order valence-corrected chi connectivity index (χ2v) is 11.8. The molecule has 0 bridgehead atoms. The SMILES string of the molecule is CCc1ccc(OCC(=O)N(Cc2ccc(Cl)cc2Cl)[C@@H](Cc2ccccc2)C(=O)NC(C)(C)C)c(Br)c1. The predicted molar refractivity (Wildman–Crippen MR) is 158 cm³/mol. The molecule has 202 valence electrons. The largest absolute Gasteiger partial charge is 0.483 e. The van der Waals surface area contributed by atoms with Crippen LogP contribution in [0.4, 0.5) is 0 Å². The molecule has 8 heteroatoms. The van der Waals surface area contributed by atoms with Gasteiger partial charge < -0.3 is 15.0 Å². The van der Waals surface area contributed by atoms with Crippen LogP contribution >= 0.6 is 39.1 Å². The van der Waals surface area contributed by atoms with Gasteiger partial charge in [-0.05, 0) is 84.1 Å². The minimum absolute atomic E-state index is 0.114. The molecule has 0 aliphatic rings. The molecule has 0 aliphatic carbocycles. The van der Waals surface area contributed by atoms with E-state index in [1.165, 1.54) is 4.90 Å². The maximum Gasteiger partial charge on any atom is 0.261 e. The lowest BCUT2D eigenvalue weighted by molar-refractivity contribution is -0.143. The van der Waals surface area contributed by atoms with Crippen LogP contribution in [0.15, 0.2) is 71.2 Å². The Morgan fingerprint density at radius 1 is 1.00 bits per heavy atom. The first-order chi connectivity index (χ1) is 18.0. The molecule has 2 amide bonds. The third kappa shape index (κ3) is 8.75. The first-order valence-corrected chi connectivity index (χ1v) is 14.0. The Morgan fingerprint density at radius 3 is 2.32 bits per heavy atom.